The molecule has 0 aliphatic heterocycles. The summed E-state index contributed by atoms with van der Waals surface area (Å²) in [5, 5.41) is 2.94. The average molecular weight is 371 g/mol. The van der Waals surface area contributed by atoms with Crippen molar-refractivity contribution < 1.29 is 8.42 Å². The molecule has 126 valence electrons. The van der Waals surface area contributed by atoms with Gasteiger partial charge in [0.1, 0.15) is 9.22 Å². The summed E-state index contributed by atoms with van der Waals surface area (Å²) in [6, 6.07) is 3.65. The highest BCUT2D eigenvalue weighted by Gasteiger charge is 2.23. The topological polar surface area (TPSA) is 59.1 Å². The molecule has 0 atom stereocenters. The minimum absolute atomic E-state index is 0.0830. The van der Waals surface area contributed by atoms with Crippen LogP contribution in [0.4, 0.5) is 0 Å². The monoisotopic (exact) mass is 370 g/mol. The Bertz CT molecular complexity index is 741. The van der Waals surface area contributed by atoms with Gasteiger partial charge in [-0.05, 0) is 31.4 Å². The van der Waals surface area contributed by atoms with Crippen molar-refractivity contribution in [2.24, 2.45) is 0 Å². The summed E-state index contributed by atoms with van der Waals surface area (Å²) in [6.07, 6.45) is 7.45. The number of hydrogen-bond acceptors (Lipinski definition) is 5. The molecule has 2 aromatic rings. The number of nitrogens with zero attached hydrogens (tertiary/aromatic N) is 1. The van der Waals surface area contributed by atoms with Gasteiger partial charge in [0.25, 0.3) is 0 Å². The van der Waals surface area contributed by atoms with Crippen molar-refractivity contribution in [2.75, 3.05) is 0 Å². The van der Waals surface area contributed by atoms with E-state index in [0.29, 0.717) is 4.21 Å². The summed E-state index contributed by atoms with van der Waals surface area (Å²) in [5.74, 6) is 0. The van der Waals surface area contributed by atoms with E-state index in [9.17, 15) is 8.42 Å². The van der Waals surface area contributed by atoms with Gasteiger partial charge in [0.05, 0.1) is 10.6 Å². The Kier molecular flexibility index (Phi) is 5.51. The van der Waals surface area contributed by atoms with Crippen LogP contribution in [0.3, 0.4) is 0 Å². The Hall–Kier alpha value is -0.760. The molecule has 0 radical (unpaired) electrons. The molecule has 0 aromatic carbocycles. The van der Waals surface area contributed by atoms with Gasteiger partial charge in [-0.3, -0.25) is 0 Å². The second-order valence-electron chi connectivity index (χ2n) is 5.93. The Labute approximate surface area is 146 Å². The number of aromatic nitrogens is 1. The summed E-state index contributed by atoms with van der Waals surface area (Å²) in [7, 11) is -3.42. The third kappa shape index (κ3) is 4.21. The predicted molar refractivity (Wildman–Crippen MR) is 96.6 cm³/mol. The highest BCUT2D eigenvalue weighted by Crippen LogP contribution is 2.33. The number of thiophene rings is 1. The van der Waals surface area contributed by atoms with E-state index < -0.39 is 10.0 Å². The van der Waals surface area contributed by atoms with Gasteiger partial charge in [-0.25, -0.2) is 18.1 Å². The first kappa shape index (κ1) is 17.1. The second-order valence-corrected chi connectivity index (χ2v) is 9.81. The van der Waals surface area contributed by atoms with Gasteiger partial charge in [0.2, 0.25) is 10.0 Å². The van der Waals surface area contributed by atoms with Crippen LogP contribution in [0.15, 0.2) is 21.7 Å². The number of nitrogens with one attached hydrogen (secondary N) is 1. The minimum atomic E-state index is -3.42. The highest BCUT2D eigenvalue weighted by molar-refractivity contribution is 7.91. The maximum absolute atomic E-state index is 12.6. The SMILES string of the molecule is CCc1csc(-c2ccc(S(=O)(=O)NC3CCCCCC3)s2)n1. The van der Waals surface area contributed by atoms with Crippen LogP contribution in [0.5, 0.6) is 0 Å². The average Bonchev–Trinajstić information content (AvgIpc) is 3.13. The van der Waals surface area contributed by atoms with Crippen LogP contribution < -0.4 is 4.72 Å². The van der Waals surface area contributed by atoms with E-state index in [1.165, 1.54) is 24.2 Å². The van der Waals surface area contributed by atoms with Crippen LogP contribution in [-0.4, -0.2) is 19.4 Å². The fourth-order valence-corrected chi connectivity index (χ4v) is 6.44. The van der Waals surface area contributed by atoms with Crippen molar-refractivity contribution in [1.82, 2.24) is 9.71 Å². The van der Waals surface area contributed by atoms with Crippen molar-refractivity contribution in [1.29, 1.82) is 0 Å². The Morgan fingerprint density at radius 1 is 1.22 bits per heavy atom. The van der Waals surface area contributed by atoms with Crippen LogP contribution in [0, 0.1) is 0 Å². The van der Waals surface area contributed by atoms with Crippen molar-refractivity contribution in [3.05, 3.63) is 23.2 Å². The summed E-state index contributed by atoms with van der Waals surface area (Å²) in [6.45, 7) is 2.07. The fraction of sp³-hybridized carbons (Fsp3) is 0.562. The van der Waals surface area contributed by atoms with E-state index in [4.69, 9.17) is 0 Å². The summed E-state index contributed by atoms with van der Waals surface area (Å²) < 4.78 is 28.5. The molecule has 1 N–H and O–H groups in total. The molecule has 1 fully saturated rings. The van der Waals surface area contributed by atoms with E-state index >= 15 is 0 Å². The molecule has 3 rings (SSSR count). The largest absolute Gasteiger partial charge is 0.250 e. The number of hydrogen-bond donors (Lipinski definition) is 1. The molecule has 0 spiro atoms. The molecule has 0 amide bonds. The highest BCUT2D eigenvalue weighted by atomic mass is 32.2. The van der Waals surface area contributed by atoms with E-state index in [-0.39, 0.29) is 6.04 Å². The number of thiazole rings is 1. The lowest BCUT2D eigenvalue weighted by Crippen LogP contribution is -2.33. The normalized spacial score (nSPS) is 17.3. The molecule has 0 bridgehead atoms. The third-order valence-electron chi connectivity index (χ3n) is 4.15. The molecule has 2 heterocycles. The first-order chi connectivity index (χ1) is 11.1. The van der Waals surface area contributed by atoms with E-state index in [1.807, 2.05) is 11.4 Å². The zero-order valence-corrected chi connectivity index (χ0v) is 15.7. The van der Waals surface area contributed by atoms with E-state index in [1.54, 1.807) is 17.4 Å². The van der Waals surface area contributed by atoms with Gasteiger partial charge in [0, 0.05) is 11.4 Å². The van der Waals surface area contributed by atoms with Gasteiger partial charge in [-0.2, -0.15) is 0 Å². The Morgan fingerprint density at radius 2 is 1.96 bits per heavy atom. The molecule has 7 heteroatoms. The lowest BCUT2D eigenvalue weighted by molar-refractivity contribution is 0.511. The Balaban J connectivity index is 1.75. The molecule has 4 nitrogen and oxygen atoms in total. The number of sulfonamides is 1. The van der Waals surface area contributed by atoms with E-state index in [2.05, 4.69) is 16.6 Å². The third-order valence-corrected chi connectivity index (χ3v) is 8.31. The van der Waals surface area contributed by atoms with Crippen molar-refractivity contribution in [3.8, 4) is 9.88 Å². The molecule has 1 aliphatic rings. The maximum Gasteiger partial charge on any atom is 0.250 e. The van der Waals surface area contributed by atoms with Crippen LogP contribution in [0.2, 0.25) is 0 Å². The number of aryl methyl sites for hydroxylation is 1. The molecule has 1 saturated carbocycles. The molecular formula is C16H22N2O2S3. The molecular weight excluding hydrogens is 348 g/mol. The first-order valence-electron chi connectivity index (χ1n) is 8.15. The molecule has 0 unspecified atom stereocenters. The predicted octanol–water partition coefficient (Wildman–Crippen LogP) is 4.44. The molecule has 2 aromatic heterocycles. The molecule has 0 saturated heterocycles. The quantitative estimate of drug-likeness (QED) is 0.792. The van der Waals surface area contributed by atoms with Crippen LogP contribution in [0.25, 0.3) is 9.88 Å². The van der Waals surface area contributed by atoms with Crippen LogP contribution >= 0.6 is 22.7 Å². The first-order valence-corrected chi connectivity index (χ1v) is 11.3. The van der Waals surface area contributed by atoms with Gasteiger partial charge < -0.3 is 0 Å². The van der Waals surface area contributed by atoms with Crippen molar-refractivity contribution in [3.63, 3.8) is 0 Å². The lowest BCUT2D eigenvalue weighted by Gasteiger charge is -2.15. The molecule has 23 heavy (non-hydrogen) atoms. The summed E-state index contributed by atoms with van der Waals surface area (Å²) in [4.78, 5) is 5.46. The Morgan fingerprint density at radius 3 is 2.61 bits per heavy atom. The van der Waals surface area contributed by atoms with Crippen molar-refractivity contribution >= 4 is 32.7 Å². The fourth-order valence-electron chi connectivity index (χ4n) is 2.84. The zero-order valence-electron chi connectivity index (χ0n) is 13.2. The summed E-state index contributed by atoms with van der Waals surface area (Å²) >= 11 is 2.88. The smallest absolute Gasteiger partial charge is 0.240 e. The zero-order chi connectivity index (χ0) is 16.3. The lowest BCUT2D eigenvalue weighted by atomic mass is 10.1. The van der Waals surface area contributed by atoms with Gasteiger partial charge in [0.15, 0.2) is 0 Å². The molecule has 1 aliphatic carbocycles. The van der Waals surface area contributed by atoms with Gasteiger partial charge in [-0.15, -0.1) is 22.7 Å². The number of rotatable bonds is 5. The van der Waals surface area contributed by atoms with Crippen LogP contribution in [0.1, 0.15) is 51.1 Å². The standard InChI is InChI=1S/C16H22N2O2S3/c1-2-12-11-21-16(17-12)14-9-10-15(22-14)23(19,20)18-13-7-5-3-4-6-8-13/h9-11,13,18H,2-8H2,1H3. The maximum atomic E-state index is 12.6. The van der Waals surface area contributed by atoms with Gasteiger partial charge >= 0.3 is 0 Å². The minimum Gasteiger partial charge on any atom is -0.240 e. The van der Waals surface area contributed by atoms with E-state index in [0.717, 1.165) is 47.7 Å². The van der Waals surface area contributed by atoms with Gasteiger partial charge in [-0.1, -0.05) is 32.6 Å². The van der Waals surface area contributed by atoms with Crippen LogP contribution in [-0.2, 0) is 16.4 Å². The summed E-state index contributed by atoms with van der Waals surface area (Å²) in [5.41, 5.74) is 1.05. The second kappa shape index (κ2) is 7.42. The van der Waals surface area contributed by atoms with Crippen molar-refractivity contribution in [2.45, 2.75) is 62.1 Å².